The molecule has 4 nitrogen and oxygen atoms in total. The van der Waals surface area contributed by atoms with Gasteiger partial charge in [0.2, 0.25) is 5.91 Å². The average Bonchev–Trinajstić information content (AvgIpc) is 3.00. The highest BCUT2D eigenvalue weighted by Gasteiger charge is 2.41. The standard InChI is InChI=1S/C12H20N2O2/c1-2-3-9(13)12(15)14-10-6-7-16-11(10)8-4-5-8/h2,8-11H,1,3-7,13H2,(H,14,15). The van der Waals surface area contributed by atoms with Gasteiger partial charge in [-0.25, -0.2) is 0 Å². The Balaban J connectivity index is 1.83. The van der Waals surface area contributed by atoms with E-state index in [1.165, 1.54) is 12.8 Å². The zero-order chi connectivity index (χ0) is 11.5. The Morgan fingerprint density at radius 2 is 2.31 bits per heavy atom. The molecule has 3 unspecified atom stereocenters. The molecule has 0 bridgehead atoms. The van der Waals surface area contributed by atoms with Gasteiger partial charge in [0.1, 0.15) is 0 Å². The van der Waals surface area contributed by atoms with Crippen LogP contribution in [0.2, 0.25) is 0 Å². The van der Waals surface area contributed by atoms with E-state index in [1.807, 2.05) is 0 Å². The van der Waals surface area contributed by atoms with Crippen LogP contribution in [0, 0.1) is 5.92 Å². The number of nitrogens with two attached hydrogens (primary N) is 1. The topological polar surface area (TPSA) is 64.4 Å². The lowest BCUT2D eigenvalue weighted by atomic mass is 10.1. The summed E-state index contributed by atoms with van der Waals surface area (Å²) in [5.74, 6) is 0.574. The number of rotatable bonds is 5. The molecule has 0 aromatic heterocycles. The highest BCUT2D eigenvalue weighted by atomic mass is 16.5. The Bertz CT molecular complexity index is 276. The van der Waals surface area contributed by atoms with Gasteiger partial charge in [0.15, 0.2) is 0 Å². The Kier molecular flexibility index (Phi) is 3.61. The van der Waals surface area contributed by atoms with Crippen LogP contribution in [0.4, 0.5) is 0 Å². The van der Waals surface area contributed by atoms with Crippen LogP contribution in [0.3, 0.4) is 0 Å². The van der Waals surface area contributed by atoms with E-state index in [-0.39, 0.29) is 18.1 Å². The smallest absolute Gasteiger partial charge is 0.237 e. The molecule has 1 saturated carbocycles. The van der Waals surface area contributed by atoms with Crippen LogP contribution in [0.5, 0.6) is 0 Å². The van der Waals surface area contributed by atoms with Crippen molar-refractivity contribution in [2.24, 2.45) is 11.7 Å². The largest absolute Gasteiger partial charge is 0.376 e. The van der Waals surface area contributed by atoms with Gasteiger partial charge in [-0.1, -0.05) is 6.08 Å². The highest BCUT2D eigenvalue weighted by Crippen LogP contribution is 2.38. The lowest BCUT2D eigenvalue weighted by Crippen LogP contribution is -2.48. The molecule has 90 valence electrons. The van der Waals surface area contributed by atoms with Gasteiger partial charge >= 0.3 is 0 Å². The fourth-order valence-electron chi connectivity index (χ4n) is 2.23. The van der Waals surface area contributed by atoms with E-state index in [4.69, 9.17) is 10.5 Å². The molecule has 3 atom stereocenters. The van der Waals surface area contributed by atoms with Gasteiger partial charge in [-0.2, -0.15) is 0 Å². The van der Waals surface area contributed by atoms with Crippen LogP contribution < -0.4 is 11.1 Å². The van der Waals surface area contributed by atoms with E-state index in [1.54, 1.807) is 6.08 Å². The number of carbonyl (C=O) groups is 1. The van der Waals surface area contributed by atoms with Crippen molar-refractivity contribution in [3.8, 4) is 0 Å². The minimum absolute atomic E-state index is 0.0824. The van der Waals surface area contributed by atoms with Gasteiger partial charge in [-0.15, -0.1) is 6.58 Å². The monoisotopic (exact) mass is 224 g/mol. The lowest BCUT2D eigenvalue weighted by Gasteiger charge is -2.21. The third kappa shape index (κ3) is 2.62. The second kappa shape index (κ2) is 4.97. The summed E-state index contributed by atoms with van der Waals surface area (Å²) in [6.07, 6.45) is 5.79. The number of amides is 1. The molecular formula is C12H20N2O2. The van der Waals surface area contributed by atoms with Crippen molar-refractivity contribution in [3.05, 3.63) is 12.7 Å². The molecule has 1 amide bonds. The number of hydrogen-bond acceptors (Lipinski definition) is 3. The van der Waals surface area contributed by atoms with E-state index < -0.39 is 6.04 Å². The first-order valence-corrected chi connectivity index (χ1v) is 6.01. The van der Waals surface area contributed by atoms with Crippen molar-refractivity contribution in [1.29, 1.82) is 0 Å². The van der Waals surface area contributed by atoms with Crippen LogP contribution in [0.1, 0.15) is 25.7 Å². The minimum atomic E-state index is -0.474. The van der Waals surface area contributed by atoms with Crippen LogP contribution in [0.25, 0.3) is 0 Å². The number of carbonyl (C=O) groups excluding carboxylic acids is 1. The Hall–Kier alpha value is -0.870. The molecule has 4 heteroatoms. The predicted molar refractivity (Wildman–Crippen MR) is 61.8 cm³/mol. The van der Waals surface area contributed by atoms with Gasteiger partial charge in [0.25, 0.3) is 0 Å². The van der Waals surface area contributed by atoms with Crippen molar-refractivity contribution in [2.45, 2.75) is 43.9 Å². The molecule has 2 aliphatic rings. The quantitative estimate of drug-likeness (QED) is 0.671. The summed E-state index contributed by atoms with van der Waals surface area (Å²) in [6, 6.07) is -0.311. The normalized spacial score (nSPS) is 31.1. The molecule has 1 aliphatic carbocycles. The molecule has 1 saturated heterocycles. The molecule has 16 heavy (non-hydrogen) atoms. The van der Waals surface area contributed by atoms with Crippen molar-refractivity contribution in [3.63, 3.8) is 0 Å². The summed E-state index contributed by atoms with van der Waals surface area (Å²) in [7, 11) is 0. The zero-order valence-electron chi connectivity index (χ0n) is 9.52. The molecule has 2 fully saturated rings. The van der Waals surface area contributed by atoms with E-state index >= 15 is 0 Å². The SMILES string of the molecule is C=CCC(N)C(=O)NC1CCOC1C1CC1. The third-order valence-electron chi connectivity index (χ3n) is 3.31. The highest BCUT2D eigenvalue weighted by molar-refractivity contribution is 5.82. The molecule has 0 aromatic carbocycles. The first-order valence-electron chi connectivity index (χ1n) is 6.01. The summed E-state index contributed by atoms with van der Waals surface area (Å²) in [4.78, 5) is 11.7. The Labute approximate surface area is 96.2 Å². The van der Waals surface area contributed by atoms with Gasteiger partial charge in [0, 0.05) is 6.61 Å². The van der Waals surface area contributed by atoms with Crippen LogP contribution in [-0.2, 0) is 9.53 Å². The van der Waals surface area contributed by atoms with Gasteiger partial charge in [-0.05, 0) is 31.6 Å². The summed E-state index contributed by atoms with van der Waals surface area (Å²) in [6.45, 7) is 4.34. The summed E-state index contributed by atoms with van der Waals surface area (Å²) < 4.78 is 5.65. The Morgan fingerprint density at radius 1 is 1.56 bits per heavy atom. The number of nitrogens with one attached hydrogen (secondary N) is 1. The van der Waals surface area contributed by atoms with E-state index in [9.17, 15) is 4.79 Å². The van der Waals surface area contributed by atoms with E-state index in [0.717, 1.165) is 13.0 Å². The Morgan fingerprint density at radius 3 is 2.94 bits per heavy atom. The second-order valence-corrected chi connectivity index (χ2v) is 4.71. The molecule has 3 N–H and O–H groups in total. The summed E-state index contributed by atoms with van der Waals surface area (Å²) in [5, 5.41) is 3.00. The summed E-state index contributed by atoms with van der Waals surface area (Å²) >= 11 is 0. The van der Waals surface area contributed by atoms with Crippen LogP contribution in [0.15, 0.2) is 12.7 Å². The average molecular weight is 224 g/mol. The van der Waals surface area contributed by atoms with Gasteiger partial charge in [-0.3, -0.25) is 4.79 Å². The van der Waals surface area contributed by atoms with Crippen molar-refractivity contribution in [2.75, 3.05) is 6.61 Å². The molecule has 0 spiro atoms. The molecular weight excluding hydrogens is 204 g/mol. The predicted octanol–water partition coefficient (Wildman–Crippen LogP) is 0.574. The van der Waals surface area contributed by atoms with Crippen LogP contribution >= 0.6 is 0 Å². The lowest BCUT2D eigenvalue weighted by molar-refractivity contribution is -0.123. The van der Waals surface area contributed by atoms with Gasteiger partial charge < -0.3 is 15.8 Å². The van der Waals surface area contributed by atoms with E-state index in [0.29, 0.717) is 12.3 Å². The number of hydrogen-bond donors (Lipinski definition) is 2. The summed E-state index contributed by atoms with van der Waals surface area (Å²) in [5.41, 5.74) is 5.72. The first-order chi connectivity index (χ1) is 7.72. The molecule has 1 heterocycles. The zero-order valence-corrected chi connectivity index (χ0v) is 9.52. The van der Waals surface area contributed by atoms with Crippen molar-refractivity contribution in [1.82, 2.24) is 5.32 Å². The molecule has 0 aromatic rings. The maximum absolute atomic E-state index is 11.7. The maximum atomic E-state index is 11.7. The molecule has 0 radical (unpaired) electrons. The van der Waals surface area contributed by atoms with E-state index in [2.05, 4.69) is 11.9 Å². The van der Waals surface area contributed by atoms with Crippen LogP contribution in [-0.4, -0.2) is 30.7 Å². The first kappa shape index (κ1) is 11.6. The third-order valence-corrected chi connectivity index (χ3v) is 3.31. The second-order valence-electron chi connectivity index (χ2n) is 4.71. The number of ether oxygens (including phenoxy) is 1. The maximum Gasteiger partial charge on any atom is 0.237 e. The fraction of sp³-hybridized carbons (Fsp3) is 0.750. The molecule has 1 aliphatic heterocycles. The minimum Gasteiger partial charge on any atom is -0.376 e. The van der Waals surface area contributed by atoms with Crippen molar-refractivity contribution < 1.29 is 9.53 Å². The van der Waals surface area contributed by atoms with Crippen molar-refractivity contribution >= 4 is 5.91 Å². The molecule has 2 rings (SSSR count). The van der Waals surface area contributed by atoms with Gasteiger partial charge in [0.05, 0.1) is 18.2 Å². The fourth-order valence-corrected chi connectivity index (χ4v) is 2.23.